The molecule has 3 aromatic heterocycles. The zero-order valence-corrected chi connectivity index (χ0v) is 30.4. The van der Waals surface area contributed by atoms with Crippen molar-refractivity contribution in [3.63, 3.8) is 0 Å². The SMILES string of the molecule is [B]c1c([B])c([B])c2c(c1[B])c1c([B])c([B])c(-c3ccccc3)c([B])c1n2-c1cccc2oc3ccc(-c4nc(-c5ccccc5)nc(-c5ccccc5)n4)cc3c12. The van der Waals surface area contributed by atoms with E-state index in [9.17, 15) is 0 Å². The summed E-state index contributed by atoms with van der Waals surface area (Å²) in [5.74, 6) is 1.59. The molecule has 10 rings (SSSR count). The van der Waals surface area contributed by atoms with Crippen LogP contribution in [0.1, 0.15) is 0 Å². The summed E-state index contributed by atoms with van der Waals surface area (Å²) in [4.78, 5) is 14.8. The van der Waals surface area contributed by atoms with Crippen LogP contribution in [0.4, 0.5) is 0 Å². The Labute approximate surface area is 337 Å². The van der Waals surface area contributed by atoms with Crippen LogP contribution in [0.2, 0.25) is 0 Å². The first kappa shape index (κ1) is 35.0. The lowest BCUT2D eigenvalue weighted by Crippen LogP contribution is -2.48. The Morgan fingerprint density at radius 2 is 0.895 bits per heavy atom. The van der Waals surface area contributed by atoms with Gasteiger partial charge < -0.3 is 8.98 Å². The van der Waals surface area contributed by atoms with Crippen LogP contribution >= 0.6 is 0 Å². The third-order valence-electron chi connectivity index (χ3n) is 10.7. The molecule has 0 spiro atoms. The Morgan fingerprint density at radius 3 is 1.49 bits per heavy atom. The van der Waals surface area contributed by atoms with Gasteiger partial charge in [-0.15, -0.1) is 10.9 Å². The molecule has 57 heavy (non-hydrogen) atoms. The van der Waals surface area contributed by atoms with Gasteiger partial charge >= 0.3 is 0 Å². The standard InChI is InChI=1S/C45H21B7N4O/c46-34-30(22-11-4-1-5-12-22)37(49)41-32(35(34)47)33-36(48)38(50)39(51)40(52)42(33)56(41)27-17-10-18-29-31(27)26-21-25(19-20-28(26)57-29)45-54-43(23-13-6-2-7-14-23)53-44(55-45)24-15-8-3-9-16-24/h1-21H. The Morgan fingerprint density at radius 1 is 0.386 bits per heavy atom. The molecule has 0 atom stereocenters. The highest BCUT2D eigenvalue weighted by Crippen LogP contribution is 2.39. The van der Waals surface area contributed by atoms with E-state index in [1.54, 1.807) is 0 Å². The van der Waals surface area contributed by atoms with E-state index in [-0.39, 0.29) is 27.3 Å². The minimum atomic E-state index is 0.140. The Kier molecular flexibility index (Phi) is 8.22. The summed E-state index contributed by atoms with van der Waals surface area (Å²) < 4.78 is 8.45. The molecule has 0 aliphatic rings. The van der Waals surface area contributed by atoms with Gasteiger partial charge in [-0.2, -0.15) is 0 Å². The van der Waals surface area contributed by atoms with E-state index in [0.717, 1.165) is 33.0 Å². The van der Waals surface area contributed by atoms with Crippen molar-refractivity contribution in [2.45, 2.75) is 0 Å². The summed E-state index contributed by atoms with van der Waals surface area (Å²) >= 11 is 0. The van der Waals surface area contributed by atoms with Crippen LogP contribution < -0.4 is 38.2 Å². The average molecular weight is 709 g/mol. The molecule has 0 N–H and O–H groups in total. The summed E-state index contributed by atoms with van der Waals surface area (Å²) in [5.41, 5.74) is 8.45. The molecule has 0 saturated heterocycles. The average Bonchev–Trinajstić information content (AvgIpc) is 3.82. The highest BCUT2D eigenvalue weighted by molar-refractivity contribution is 6.69. The Bertz CT molecular complexity index is 3200. The van der Waals surface area contributed by atoms with Gasteiger partial charge in [0.15, 0.2) is 17.5 Å². The second kappa shape index (κ2) is 13.4. The molecular weight excluding hydrogens is 688 g/mol. The molecule has 0 aliphatic carbocycles. The van der Waals surface area contributed by atoms with Gasteiger partial charge in [-0.3, -0.25) is 0 Å². The minimum absolute atomic E-state index is 0.140. The molecule has 3 heterocycles. The summed E-state index contributed by atoms with van der Waals surface area (Å²) in [6.45, 7) is 0. The minimum Gasteiger partial charge on any atom is -0.456 e. The van der Waals surface area contributed by atoms with Crippen LogP contribution in [0.3, 0.4) is 0 Å². The van der Waals surface area contributed by atoms with Crippen molar-refractivity contribution in [1.29, 1.82) is 0 Å². The lowest BCUT2D eigenvalue weighted by Gasteiger charge is -2.19. The molecule has 10 aromatic rings. The van der Waals surface area contributed by atoms with Crippen LogP contribution in [0.15, 0.2) is 132 Å². The maximum absolute atomic E-state index is 7.21. The predicted octanol–water partition coefficient (Wildman–Crippen LogP) is 3.09. The highest BCUT2D eigenvalue weighted by atomic mass is 16.3. The number of rotatable bonds is 5. The van der Waals surface area contributed by atoms with Gasteiger partial charge in [0.1, 0.15) is 66.1 Å². The van der Waals surface area contributed by atoms with Gasteiger partial charge in [-0.05, 0) is 52.2 Å². The highest BCUT2D eigenvalue weighted by Gasteiger charge is 2.26. The first-order chi connectivity index (χ1) is 27.7. The molecular formula is C45H21B7N4O. The third-order valence-corrected chi connectivity index (χ3v) is 10.7. The molecule has 14 radical (unpaired) electrons. The molecule has 0 fully saturated rings. The smallest absolute Gasteiger partial charge is 0.164 e. The largest absolute Gasteiger partial charge is 0.456 e. The summed E-state index contributed by atoms with van der Waals surface area (Å²) in [5, 5.41) is 2.55. The zero-order chi connectivity index (χ0) is 39.1. The van der Waals surface area contributed by atoms with Gasteiger partial charge in [0.05, 0.1) is 11.1 Å². The summed E-state index contributed by atoms with van der Waals surface area (Å²) in [6, 6.07) is 40.9. The van der Waals surface area contributed by atoms with Gasteiger partial charge in [-0.1, -0.05) is 124 Å². The number of fused-ring (bicyclic) bond motifs is 6. The maximum Gasteiger partial charge on any atom is 0.164 e. The van der Waals surface area contributed by atoms with Crippen molar-refractivity contribution in [3.8, 4) is 51.0 Å². The number of furan rings is 1. The van der Waals surface area contributed by atoms with Gasteiger partial charge in [0.25, 0.3) is 0 Å². The van der Waals surface area contributed by atoms with E-state index in [1.807, 2.05) is 132 Å². The number of benzene rings is 7. The summed E-state index contributed by atoms with van der Waals surface area (Å²) in [7, 11) is 47.7. The first-order valence-corrected chi connectivity index (χ1v) is 18.2. The number of aromatic nitrogens is 4. The van der Waals surface area contributed by atoms with Crippen LogP contribution in [0, 0.1) is 0 Å². The predicted molar refractivity (Wildman–Crippen MR) is 241 cm³/mol. The fourth-order valence-electron chi connectivity index (χ4n) is 7.92. The van der Waals surface area contributed by atoms with E-state index >= 15 is 0 Å². The molecule has 0 aliphatic heterocycles. The molecule has 0 saturated carbocycles. The molecule has 248 valence electrons. The van der Waals surface area contributed by atoms with Crippen molar-refractivity contribution >= 4 is 137 Å². The molecule has 12 heteroatoms. The monoisotopic (exact) mass is 710 g/mol. The quantitative estimate of drug-likeness (QED) is 0.258. The van der Waals surface area contributed by atoms with E-state index in [0.29, 0.717) is 72.6 Å². The van der Waals surface area contributed by atoms with E-state index < -0.39 is 0 Å². The Balaban J connectivity index is 1.30. The Hall–Kier alpha value is -6.40. The first-order valence-electron chi connectivity index (χ1n) is 18.2. The second-order valence-corrected chi connectivity index (χ2v) is 13.9. The molecule has 7 aromatic carbocycles. The number of hydrogen-bond acceptors (Lipinski definition) is 4. The van der Waals surface area contributed by atoms with E-state index in [2.05, 4.69) is 0 Å². The van der Waals surface area contributed by atoms with Crippen LogP contribution in [0.5, 0.6) is 0 Å². The van der Waals surface area contributed by atoms with Crippen LogP contribution in [0.25, 0.3) is 94.7 Å². The van der Waals surface area contributed by atoms with Gasteiger partial charge in [0, 0.05) is 33.1 Å². The lowest BCUT2D eigenvalue weighted by atomic mass is 9.64. The molecule has 0 amide bonds. The van der Waals surface area contributed by atoms with Crippen LogP contribution in [-0.4, -0.2) is 74.4 Å². The molecule has 0 bridgehead atoms. The van der Waals surface area contributed by atoms with Crippen molar-refractivity contribution < 1.29 is 4.42 Å². The summed E-state index contributed by atoms with van der Waals surface area (Å²) in [6.07, 6.45) is 0. The van der Waals surface area contributed by atoms with E-state index in [4.69, 9.17) is 74.3 Å². The second-order valence-electron chi connectivity index (χ2n) is 13.9. The van der Waals surface area contributed by atoms with Gasteiger partial charge in [-0.25, -0.2) is 15.0 Å². The third kappa shape index (κ3) is 5.38. The normalized spacial score (nSPS) is 11.6. The fourth-order valence-corrected chi connectivity index (χ4v) is 7.92. The maximum atomic E-state index is 7.21. The molecule has 0 unspecified atom stereocenters. The fraction of sp³-hybridized carbons (Fsp3) is 0. The topological polar surface area (TPSA) is 56.7 Å². The molecule has 5 nitrogen and oxygen atoms in total. The van der Waals surface area contributed by atoms with Crippen molar-refractivity contribution in [3.05, 3.63) is 127 Å². The number of hydrogen-bond donors (Lipinski definition) is 0. The van der Waals surface area contributed by atoms with Crippen molar-refractivity contribution in [2.24, 2.45) is 0 Å². The van der Waals surface area contributed by atoms with E-state index in [1.165, 1.54) is 0 Å². The zero-order valence-electron chi connectivity index (χ0n) is 30.4. The van der Waals surface area contributed by atoms with Crippen molar-refractivity contribution in [2.75, 3.05) is 0 Å². The van der Waals surface area contributed by atoms with Crippen LogP contribution in [-0.2, 0) is 0 Å². The van der Waals surface area contributed by atoms with Gasteiger partial charge in [0.2, 0.25) is 0 Å². The number of nitrogens with zero attached hydrogens (tertiary/aromatic N) is 4. The van der Waals surface area contributed by atoms with Crippen molar-refractivity contribution in [1.82, 2.24) is 19.5 Å². The lowest BCUT2D eigenvalue weighted by molar-refractivity contribution is 0.669.